The van der Waals surface area contributed by atoms with Crippen molar-refractivity contribution in [1.29, 1.82) is 10.5 Å². The van der Waals surface area contributed by atoms with Crippen LogP contribution in [-0.4, -0.2) is 11.5 Å². The molecule has 2 atom stereocenters. The average molecular weight is 206 g/mol. The number of nitriles is 2. The van der Waals surface area contributed by atoms with Crippen LogP contribution >= 0.6 is 10.8 Å². The predicted octanol–water partition coefficient (Wildman–Crippen LogP) is 3.02. The van der Waals surface area contributed by atoms with Crippen molar-refractivity contribution in [2.24, 2.45) is 5.92 Å². The van der Waals surface area contributed by atoms with E-state index in [-0.39, 0.29) is 12.8 Å². The number of hydrogen-bond acceptors (Lipinski definition) is 2. The first-order chi connectivity index (χ1) is 5.93. The molecule has 0 saturated heterocycles. The smallest absolute Gasteiger partial charge is 0.0665 e. The van der Waals surface area contributed by atoms with Crippen molar-refractivity contribution in [2.75, 3.05) is 6.26 Å². The molecule has 13 heavy (non-hydrogen) atoms. The van der Waals surface area contributed by atoms with Crippen LogP contribution < -0.4 is 0 Å². The summed E-state index contributed by atoms with van der Waals surface area (Å²) >= 11 is 0. The Morgan fingerprint density at radius 2 is 1.92 bits per heavy atom. The van der Waals surface area contributed by atoms with Crippen molar-refractivity contribution in [3.05, 3.63) is 0 Å². The minimum atomic E-state index is -3.72. The summed E-state index contributed by atoms with van der Waals surface area (Å²) in [6, 6.07) is 3.63. The Labute approximate surface area is 79.1 Å². The van der Waals surface area contributed by atoms with Gasteiger partial charge in [-0.1, -0.05) is 0 Å². The first kappa shape index (κ1) is 12.2. The van der Waals surface area contributed by atoms with Crippen molar-refractivity contribution in [3.63, 3.8) is 0 Å². The van der Waals surface area contributed by atoms with Crippen LogP contribution in [0, 0.1) is 28.6 Å². The minimum Gasteiger partial charge on any atom is -0.198 e. The number of halogens is 2. The number of hydrogen-bond donors (Lipinski definition) is 0. The van der Waals surface area contributed by atoms with Gasteiger partial charge in [0.1, 0.15) is 0 Å². The van der Waals surface area contributed by atoms with Crippen molar-refractivity contribution in [2.45, 2.75) is 25.0 Å². The zero-order chi connectivity index (χ0) is 10.5. The molecule has 0 aromatic carbocycles. The molecule has 0 aliphatic rings. The van der Waals surface area contributed by atoms with Crippen molar-refractivity contribution in [1.82, 2.24) is 0 Å². The van der Waals surface area contributed by atoms with E-state index < -0.39 is 22.0 Å². The standard InChI is InChI=1S/C8H12F2N2S/c1-7(6-12)8(4-3-5-11)13(2,9)10/h7-8H,3-4H2,1-2H3. The summed E-state index contributed by atoms with van der Waals surface area (Å²) in [6.45, 7) is 1.48. The van der Waals surface area contributed by atoms with E-state index in [1.807, 2.05) is 12.1 Å². The summed E-state index contributed by atoms with van der Waals surface area (Å²) in [5.74, 6) is -0.677. The van der Waals surface area contributed by atoms with Gasteiger partial charge in [0.15, 0.2) is 0 Å². The van der Waals surface area contributed by atoms with Gasteiger partial charge >= 0.3 is 0 Å². The molecule has 0 aromatic rings. The van der Waals surface area contributed by atoms with E-state index in [2.05, 4.69) is 0 Å². The second kappa shape index (κ2) is 5.04. The molecule has 0 saturated carbocycles. The Bertz CT molecular complexity index is 236. The maximum atomic E-state index is 13.0. The summed E-state index contributed by atoms with van der Waals surface area (Å²) < 4.78 is 25.9. The molecule has 0 aliphatic heterocycles. The van der Waals surface area contributed by atoms with Gasteiger partial charge in [0.2, 0.25) is 0 Å². The van der Waals surface area contributed by atoms with Crippen LogP contribution in [0.25, 0.3) is 0 Å². The van der Waals surface area contributed by atoms with Crippen LogP contribution in [0.3, 0.4) is 0 Å². The van der Waals surface area contributed by atoms with Gasteiger partial charge in [-0.05, 0) is 13.3 Å². The lowest BCUT2D eigenvalue weighted by atomic mass is 10.1. The fourth-order valence-corrected chi connectivity index (χ4v) is 2.41. The number of nitrogens with zero attached hydrogens (tertiary/aromatic N) is 2. The molecule has 2 nitrogen and oxygen atoms in total. The zero-order valence-electron chi connectivity index (χ0n) is 7.63. The first-order valence-electron chi connectivity index (χ1n) is 3.86. The van der Waals surface area contributed by atoms with Crippen LogP contribution in [0.15, 0.2) is 0 Å². The van der Waals surface area contributed by atoms with E-state index in [4.69, 9.17) is 10.5 Å². The van der Waals surface area contributed by atoms with Crippen LogP contribution in [0.2, 0.25) is 0 Å². The monoisotopic (exact) mass is 206 g/mol. The van der Waals surface area contributed by atoms with E-state index >= 15 is 0 Å². The molecule has 5 heteroatoms. The highest BCUT2D eigenvalue weighted by Crippen LogP contribution is 2.56. The zero-order valence-corrected chi connectivity index (χ0v) is 8.44. The van der Waals surface area contributed by atoms with Gasteiger partial charge < -0.3 is 0 Å². The highest BCUT2D eigenvalue weighted by molar-refractivity contribution is 8.25. The van der Waals surface area contributed by atoms with E-state index in [1.165, 1.54) is 6.92 Å². The normalized spacial score (nSPS) is 16.8. The predicted molar refractivity (Wildman–Crippen MR) is 49.1 cm³/mol. The first-order valence-corrected chi connectivity index (χ1v) is 5.77. The molecule has 0 radical (unpaired) electrons. The topological polar surface area (TPSA) is 47.6 Å². The molecule has 2 unspecified atom stereocenters. The Morgan fingerprint density at radius 3 is 2.23 bits per heavy atom. The molecule has 74 valence electrons. The fourth-order valence-electron chi connectivity index (χ4n) is 1.11. The summed E-state index contributed by atoms with van der Waals surface area (Å²) in [4.78, 5) is 0. The van der Waals surface area contributed by atoms with Gasteiger partial charge in [-0.25, -0.2) is 0 Å². The summed E-state index contributed by atoms with van der Waals surface area (Å²) in [6.07, 6.45) is 1.08. The molecule has 0 heterocycles. The largest absolute Gasteiger partial charge is 0.198 e. The van der Waals surface area contributed by atoms with Crippen molar-refractivity contribution < 1.29 is 7.77 Å². The van der Waals surface area contributed by atoms with Crippen molar-refractivity contribution in [3.8, 4) is 12.1 Å². The minimum absolute atomic E-state index is 0.0904. The fraction of sp³-hybridized carbons (Fsp3) is 0.750. The van der Waals surface area contributed by atoms with Crippen LogP contribution in [-0.2, 0) is 0 Å². The van der Waals surface area contributed by atoms with Gasteiger partial charge in [0, 0.05) is 12.7 Å². The second-order valence-corrected chi connectivity index (χ2v) is 5.10. The molecular weight excluding hydrogens is 194 g/mol. The van der Waals surface area contributed by atoms with E-state index in [0.717, 1.165) is 6.26 Å². The summed E-state index contributed by atoms with van der Waals surface area (Å²) in [5.41, 5.74) is 0. The molecule has 0 fully saturated rings. The van der Waals surface area contributed by atoms with Gasteiger partial charge in [0.05, 0.1) is 34.1 Å². The third kappa shape index (κ3) is 4.10. The molecule has 0 bridgehead atoms. The highest BCUT2D eigenvalue weighted by Gasteiger charge is 2.33. The van der Waals surface area contributed by atoms with Gasteiger partial charge in [0.25, 0.3) is 0 Å². The maximum absolute atomic E-state index is 13.0. The summed E-state index contributed by atoms with van der Waals surface area (Å²) in [5, 5.41) is 15.8. The third-order valence-corrected chi connectivity index (χ3v) is 3.54. The van der Waals surface area contributed by atoms with E-state index in [0.29, 0.717) is 0 Å². The van der Waals surface area contributed by atoms with Crippen molar-refractivity contribution >= 4 is 10.8 Å². The maximum Gasteiger partial charge on any atom is 0.0665 e. The van der Waals surface area contributed by atoms with E-state index in [1.54, 1.807) is 0 Å². The second-order valence-electron chi connectivity index (χ2n) is 2.93. The molecular formula is C8H12F2N2S. The molecule has 0 amide bonds. The summed E-state index contributed by atoms with van der Waals surface area (Å²) in [7, 11) is -3.72. The highest BCUT2D eigenvalue weighted by atomic mass is 32.3. The molecule has 0 aliphatic carbocycles. The van der Waals surface area contributed by atoms with Gasteiger partial charge in [-0.3, -0.25) is 0 Å². The van der Waals surface area contributed by atoms with Crippen LogP contribution in [0.1, 0.15) is 19.8 Å². The molecule has 0 spiro atoms. The van der Waals surface area contributed by atoms with Gasteiger partial charge in [-0.15, -0.1) is 0 Å². The molecule has 0 aromatic heterocycles. The average Bonchev–Trinajstić information content (AvgIpc) is 2.02. The molecule has 0 rings (SSSR count). The number of rotatable bonds is 4. The lowest BCUT2D eigenvalue weighted by molar-refractivity contribution is 0.585. The quantitative estimate of drug-likeness (QED) is 0.709. The third-order valence-electron chi connectivity index (χ3n) is 1.83. The van der Waals surface area contributed by atoms with Gasteiger partial charge in [-0.2, -0.15) is 18.3 Å². The van der Waals surface area contributed by atoms with Crippen LogP contribution in [0.4, 0.5) is 7.77 Å². The van der Waals surface area contributed by atoms with E-state index in [9.17, 15) is 7.77 Å². The Balaban J connectivity index is 4.41. The lowest BCUT2D eigenvalue weighted by Crippen LogP contribution is -2.19. The lowest BCUT2D eigenvalue weighted by Gasteiger charge is -2.27. The van der Waals surface area contributed by atoms with Crippen LogP contribution in [0.5, 0.6) is 0 Å². The SMILES string of the molecule is CC(C#N)C(CCC#N)S(C)(F)F. The Morgan fingerprint density at radius 1 is 1.38 bits per heavy atom. The Kier molecular flexibility index (Phi) is 4.72. The Hall–Kier alpha value is -0.810. The molecule has 0 N–H and O–H groups in total.